The molecule has 2 aromatic rings. The van der Waals surface area contributed by atoms with Crippen LogP contribution in [0.25, 0.3) is 11.3 Å². The summed E-state index contributed by atoms with van der Waals surface area (Å²) in [5.74, 6) is -0.814. The van der Waals surface area contributed by atoms with Gasteiger partial charge in [-0.05, 0) is 30.7 Å². The van der Waals surface area contributed by atoms with Crippen molar-refractivity contribution in [1.82, 2.24) is 10.2 Å². The largest absolute Gasteiger partial charge is 0.507 e. The molecule has 0 unspecified atom stereocenters. The molecule has 0 fully saturated rings. The molecule has 1 aromatic heterocycles. The molecule has 1 N–H and O–H groups in total. The van der Waals surface area contributed by atoms with E-state index in [2.05, 4.69) is 10.2 Å². The molecule has 0 saturated carbocycles. The molecule has 1 heterocycles. The van der Waals surface area contributed by atoms with Gasteiger partial charge in [-0.15, -0.1) is 10.2 Å². The Hall–Kier alpha value is -1.96. The van der Waals surface area contributed by atoms with Crippen LogP contribution < -0.4 is 0 Å². The van der Waals surface area contributed by atoms with Gasteiger partial charge in [-0.25, -0.2) is 8.78 Å². The van der Waals surface area contributed by atoms with Crippen LogP contribution in [0.2, 0.25) is 5.15 Å². The van der Waals surface area contributed by atoms with Crippen molar-refractivity contribution < 1.29 is 27.1 Å². The van der Waals surface area contributed by atoms with Gasteiger partial charge in [0.1, 0.15) is 11.4 Å². The van der Waals surface area contributed by atoms with Gasteiger partial charge in [0.2, 0.25) is 0 Å². The van der Waals surface area contributed by atoms with E-state index in [-0.39, 0.29) is 16.3 Å². The molecule has 0 atom stereocenters. The van der Waals surface area contributed by atoms with Gasteiger partial charge < -0.3 is 5.11 Å². The lowest BCUT2D eigenvalue weighted by Crippen LogP contribution is -2.06. The average Bonchev–Trinajstić information content (AvgIpc) is 2.38. The quantitative estimate of drug-likeness (QED) is 0.802. The van der Waals surface area contributed by atoms with E-state index in [9.17, 15) is 27.1 Å². The van der Waals surface area contributed by atoms with Gasteiger partial charge in [-0.1, -0.05) is 11.6 Å². The Labute approximate surface area is 126 Å². The third-order valence-corrected chi connectivity index (χ3v) is 3.09. The summed E-state index contributed by atoms with van der Waals surface area (Å²) in [5.41, 5.74) is -2.44. The van der Waals surface area contributed by atoms with Crippen molar-refractivity contribution in [3.05, 3.63) is 40.0 Å². The number of aromatic hydroxyl groups is 1. The molecule has 0 aliphatic heterocycles. The van der Waals surface area contributed by atoms with Crippen LogP contribution in [0.3, 0.4) is 0 Å². The minimum Gasteiger partial charge on any atom is -0.507 e. The molecular weight excluding hydrogens is 331 g/mol. The molecule has 2 rings (SSSR count). The van der Waals surface area contributed by atoms with Gasteiger partial charge in [-0.3, -0.25) is 0 Å². The zero-order valence-electron chi connectivity index (χ0n) is 10.9. The first-order chi connectivity index (χ1) is 10.1. The summed E-state index contributed by atoms with van der Waals surface area (Å²) in [4.78, 5) is 0. The lowest BCUT2D eigenvalue weighted by atomic mass is 9.98. The van der Waals surface area contributed by atoms with Crippen LogP contribution >= 0.6 is 11.6 Å². The first kappa shape index (κ1) is 16.4. The second kappa shape index (κ2) is 5.68. The second-order valence-corrected chi connectivity index (χ2v) is 4.84. The highest BCUT2D eigenvalue weighted by molar-refractivity contribution is 6.29. The number of rotatable bonds is 2. The van der Waals surface area contributed by atoms with Crippen LogP contribution in [-0.2, 0) is 6.18 Å². The molecule has 0 bridgehead atoms. The van der Waals surface area contributed by atoms with Crippen molar-refractivity contribution in [2.24, 2.45) is 0 Å². The standard InChI is InChI=1S/C13H8ClF5N2O/c1-5-2-6(13(17,18)19)3-8(22)10(5)11-7(12(15)16)4-9(14)20-21-11/h2-4,12,22H,1H3. The number of nitrogens with zero attached hydrogens (tertiary/aromatic N) is 2. The van der Waals surface area contributed by atoms with Crippen LogP contribution in [0, 0.1) is 6.92 Å². The Bertz CT molecular complexity index is 695. The normalized spacial score (nSPS) is 12.0. The predicted octanol–water partition coefficient (Wildman–Crippen LogP) is 4.77. The number of hydrogen-bond acceptors (Lipinski definition) is 3. The SMILES string of the molecule is Cc1cc(C(F)(F)F)cc(O)c1-c1nnc(Cl)cc1C(F)F. The number of phenolic OH excluding ortho intramolecular Hbond substituents is 1. The minimum atomic E-state index is -4.67. The second-order valence-electron chi connectivity index (χ2n) is 4.46. The molecule has 0 amide bonds. The van der Waals surface area contributed by atoms with Crippen molar-refractivity contribution in [3.8, 4) is 17.0 Å². The van der Waals surface area contributed by atoms with Crippen molar-refractivity contribution in [2.75, 3.05) is 0 Å². The highest BCUT2D eigenvalue weighted by atomic mass is 35.5. The van der Waals surface area contributed by atoms with E-state index < -0.39 is 35.2 Å². The van der Waals surface area contributed by atoms with Gasteiger partial charge in [0, 0.05) is 11.1 Å². The van der Waals surface area contributed by atoms with Crippen molar-refractivity contribution in [1.29, 1.82) is 0 Å². The van der Waals surface area contributed by atoms with Crippen LogP contribution in [-0.4, -0.2) is 15.3 Å². The molecule has 1 aromatic carbocycles. The summed E-state index contributed by atoms with van der Waals surface area (Å²) in [6.07, 6.45) is -7.65. The maximum atomic E-state index is 13.0. The number of aryl methyl sites for hydroxylation is 1. The number of benzene rings is 1. The lowest BCUT2D eigenvalue weighted by molar-refractivity contribution is -0.137. The smallest absolute Gasteiger partial charge is 0.416 e. The van der Waals surface area contributed by atoms with E-state index in [1.807, 2.05) is 0 Å². The van der Waals surface area contributed by atoms with Crippen LogP contribution in [0.5, 0.6) is 5.75 Å². The highest BCUT2D eigenvalue weighted by Crippen LogP contribution is 2.41. The molecule has 0 aliphatic carbocycles. The maximum absolute atomic E-state index is 13.0. The Morgan fingerprint density at radius 2 is 1.77 bits per heavy atom. The first-order valence-corrected chi connectivity index (χ1v) is 6.21. The minimum absolute atomic E-state index is 0.0640. The Morgan fingerprint density at radius 1 is 1.14 bits per heavy atom. The van der Waals surface area contributed by atoms with E-state index >= 15 is 0 Å². The summed E-state index contributed by atoms with van der Waals surface area (Å²) in [5, 5.41) is 16.4. The monoisotopic (exact) mass is 338 g/mol. The summed E-state index contributed by atoms with van der Waals surface area (Å²) in [6.45, 7) is 1.25. The van der Waals surface area contributed by atoms with E-state index in [4.69, 9.17) is 11.6 Å². The Morgan fingerprint density at radius 3 is 2.27 bits per heavy atom. The molecule has 3 nitrogen and oxygen atoms in total. The molecule has 0 saturated heterocycles. The van der Waals surface area contributed by atoms with Gasteiger partial charge >= 0.3 is 6.18 Å². The number of phenols is 1. The van der Waals surface area contributed by atoms with Crippen molar-refractivity contribution >= 4 is 11.6 Å². The number of hydrogen-bond donors (Lipinski definition) is 1. The zero-order valence-corrected chi connectivity index (χ0v) is 11.7. The van der Waals surface area contributed by atoms with E-state index in [0.29, 0.717) is 6.07 Å². The van der Waals surface area contributed by atoms with E-state index in [1.165, 1.54) is 6.92 Å². The Kier molecular flexibility index (Phi) is 4.23. The molecule has 118 valence electrons. The van der Waals surface area contributed by atoms with Crippen molar-refractivity contribution in [2.45, 2.75) is 19.5 Å². The molecular formula is C13H8ClF5N2O. The fraction of sp³-hybridized carbons (Fsp3) is 0.231. The molecule has 0 radical (unpaired) electrons. The number of aromatic nitrogens is 2. The molecule has 22 heavy (non-hydrogen) atoms. The Balaban J connectivity index is 2.69. The van der Waals surface area contributed by atoms with E-state index in [1.54, 1.807) is 0 Å². The molecule has 9 heteroatoms. The third-order valence-electron chi connectivity index (χ3n) is 2.91. The molecule has 0 aliphatic rings. The van der Waals surface area contributed by atoms with Gasteiger partial charge in [0.05, 0.1) is 5.56 Å². The van der Waals surface area contributed by atoms with Gasteiger partial charge in [0.15, 0.2) is 5.15 Å². The van der Waals surface area contributed by atoms with Gasteiger partial charge in [0.25, 0.3) is 6.43 Å². The van der Waals surface area contributed by atoms with Crippen molar-refractivity contribution in [3.63, 3.8) is 0 Å². The van der Waals surface area contributed by atoms with E-state index in [0.717, 1.165) is 12.1 Å². The fourth-order valence-corrected chi connectivity index (χ4v) is 2.14. The van der Waals surface area contributed by atoms with Crippen LogP contribution in [0.1, 0.15) is 23.1 Å². The summed E-state index contributed by atoms with van der Waals surface area (Å²) in [6, 6.07) is 2.04. The van der Waals surface area contributed by atoms with Crippen LogP contribution in [0.4, 0.5) is 22.0 Å². The van der Waals surface area contributed by atoms with Gasteiger partial charge in [-0.2, -0.15) is 13.2 Å². The zero-order chi connectivity index (χ0) is 16.7. The topological polar surface area (TPSA) is 46.0 Å². The number of alkyl halides is 5. The third kappa shape index (κ3) is 3.11. The lowest BCUT2D eigenvalue weighted by Gasteiger charge is -2.15. The average molecular weight is 339 g/mol. The summed E-state index contributed by atoms with van der Waals surface area (Å²) in [7, 11) is 0. The fourth-order valence-electron chi connectivity index (χ4n) is 1.98. The highest BCUT2D eigenvalue weighted by Gasteiger charge is 2.32. The maximum Gasteiger partial charge on any atom is 0.416 e. The predicted molar refractivity (Wildman–Crippen MR) is 68.8 cm³/mol. The first-order valence-electron chi connectivity index (χ1n) is 5.83. The summed E-state index contributed by atoms with van der Waals surface area (Å²) < 4.78 is 64.1. The summed E-state index contributed by atoms with van der Waals surface area (Å²) >= 11 is 5.49. The molecule has 0 spiro atoms. The number of halogens is 6. The van der Waals surface area contributed by atoms with Crippen LogP contribution in [0.15, 0.2) is 18.2 Å².